The number of hydrogen-bond acceptors (Lipinski definition) is 7. The summed E-state index contributed by atoms with van der Waals surface area (Å²) in [5.41, 5.74) is 2.57. The van der Waals surface area contributed by atoms with E-state index in [4.69, 9.17) is 23.8 Å². The van der Waals surface area contributed by atoms with E-state index in [1.54, 1.807) is 16.8 Å². The van der Waals surface area contributed by atoms with E-state index in [0.29, 0.717) is 29.8 Å². The smallest absolute Gasteiger partial charge is 0.235 e. The third-order valence-electron chi connectivity index (χ3n) is 4.80. The molecule has 0 radical (unpaired) electrons. The monoisotopic (exact) mass is 492 g/mol. The van der Waals surface area contributed by atoms with Crippen LogP contribution >= 0.6 is 58.3 Å². The van der Waals surface area contributed by atoms with Crippen LogP contribution in [0.2, 0.25) is 5.02 Å². The number of rotatable bonds is 5. The molecule has 1 amide bonds. The Morgan fingerprint density at radius 3 is 2.93 bits per heavy atom. The van der Waals surface area contributed by atoms with Gasteiger partial charge in [-0.05, 0) is 67.2 Å². The number of hydrogen-bond donors (Lipinski definition) is 1. The van der Waals surface area contributed by atoms with Crippen molar-refractivity contribution < 1.29 is 4.79 Å². The van der Waals surface area contributed by atoms with Crippen molar-refractivity contribution in [2.24, 2.45) is 5.92 Å². The second-order valence-corrected chi connectivity index (χ2v) is 11.4. The first kappa shape index (κ1) is 21.5. The summed E-state index contributed by atoms with van der Waals surface area (Å²) in [5.74, 6) is 0.668. The maximum absolute atomic E-state index is 12.5. The van der Waals surface area contributed by atoms with Crippen LogP contribution in [0.15, 0.2) is 28.6 Å². The number of halogens is 1. The summed E-state index contributed by atoms with van der Waals surface area (Å²) >= 11 is 15.6. The van der Waals surface area contributed by atoms with Crippen molar-refractivity contribution in [3.63, 3.8) is 0 Å². The number of thioether (sulfide) groups is 1. The molecule has 154 valence electrons. The summed E-state index contributed by atoms with van der Waals surface area (Å²) in [6.07, 6.45) is 2.97. The van der Waals surface area contributed by atoms with Gasteiger partial charge in [0.05, 0.1) is 17.0 Å². The molecule has 1 N–H and O–H groups in total. The number of aromatic nitrogens is 2. The van der Waals surface area contributed by atoms with Crippen molar-refractivity contribution in [2.45, 2.75) is 30.5 Å². The lowest BCUT2D eigenvalue weighted by Gasteiger charge is -2.17. The molecule has 0 saturated heterocycles. The average molecular weight is 493 g/mol. The molecule has 5 nitrogen and oxygen atoms in total. The first-order chi connectivity index (χ1) is 14.4. The Kier molecular flexibility index (Phi) is 6.60. The Balaban J connectivity index is 1.43. The number of nitrogens with one attached hydrogen (secondary N) is 1. The Labute approximate surface area is 196 Å². The molecule has 2 aromatic heterocycles. The molecule has 0 fully saturated rings. The summed E-state index contributed by atoms with van der Waals surface area (Å²) in [6, 6.07) is 9.55. The minimum Gasteiger partial charge on any atom is -0.316 e. The van der Waals surface area contributed by atoms with E-state index in [0.717, 1.165) is 30.5 Å². The molecular weight excluding hydrogens is 476 g/mol. The summed E-state index contributed by atoms with van der Waals surface area (Å²) in [6.45, 7) is 2.22. The van der Waals surface area contributed by atoms with Gasteiger partial charge in [0.2, 0.25) is 5.91 Å². The Bertz CT molecular complexity index is 1190. The first-order valence-electron chi connectivity index (χ1n) is 9.28. The van der Waals surface area contributed by atoms with Gasteiger partial charge in [-0.2, -0.15) is 5.26 Å². The number of thiophene rings is 1. The van der Waals surface area contributed by atoms with E-state index in [2.05, 4.69) is 23.4 Å². The zero-order valence-corrected chi connectivity index (χ0v) is 20.0. The van der Waals surface area contributed by atoms with Gasteiger partial charge in [0.1, 0.15) is 11.1 Å². The second kappa shape index (κ2) is 9.20. The summed E-state index contributed by atoms with van der Waals surface area (Å²) in [7, 11) is 0. The van der Waals surface area contributed by atoms with Crippen LogP contribution in [0.1, 0.15) is 29.3 Å². The molecule has 0 saturated carbocycles. The van der Waals surface area contributed by atoms with Gasteiger partial charge in [-0.3, -0.25) is 4.79 Å². The van der Waals surface area contributed by atoms with Gasteiger partial charge < -0.3 is 5.32 Å². The van der Waals surface area contributed by atoms with E-state index < -0.39 is 0 Å². The van der Waals surface area contributed by atoms with Crippen LogP contribution in [-0.2, 0) is 17.6 Å². The van der Waals surface area contributed by atoms with Crippen molar-refractivity contribution in [3.8, 4) is 11.8 Å². The molecule has 1 aliphatic rings. The highest BCUT2D eigenvalue weighted by atomic mass is 35.5. The lowest BCUT2D eigenvalue weighted by Crippen LogP contribution is -2.14. The molecule has 0 spiro atoms. The predicted molar refractivity (Wildman–Crippen MR) is 127 cm³/mol. The van der Waals surface area contributed by atoms with Gasteiger partial charge >= 0.3 is 0 Å². The minimum atomic E-state index is -0.151. The largest absolute Gasteiger partial charge is 0.316 e. The van der Waals surface area contributed by atoms with Crippen LogP contribution in [0.25, 0.3) is 5.69 Å². The van der Waals surface area contributed by atoms with Crippen molar-refractivity contribution in [3.05, 3.63) is 49.2 Å². The highest BCUT2D eigenvalue weighted by molar-refractivity contribution is 8.01. The fourth-order valence-electron chi connectivity index (χ4n) is 3.31. The molecule has 3 aromatic rings. The number of amides is 1. The van der Waals surface area contributed by atoms with E-state index in [9.17, 15) is 10.1 Å². The van der Waals surface area contributed by atoms with Crippen LogP contribution in [-0.4, -0.2) is 21.4 Å². The zero-order chi connectivity index (χ0) is 21.3. The fraction of sp³-hybridized carbons (Fsp3) is 0.300. The molecule has 2 heterocycles. The van der Waals surface area contributed by atoms with Crippen LogP contribution in [0.3, 0.4) is 0 Å². The Morgan fingerprint density at radius 1 is 1.43 bits per heavy atom. The van der Waals surface area contributed by atoms with Crippen molar-refractivity contribution >= 4 is 69.2 Å². The number of carbonyl (C=O) groups is 1. The van der Waals surface area contributed by atoms with Gasteiger partial charge in [-0.15, -0.1) is 16.4 Å². The minimum absolute atomic E-state index is 0.151. The normalized spacial score (nSPS) is 15.4. The van der Waals surface area contributed by atoms with E-state index in [-0.39, 0.29) is 11.7 Å². The Hall–Kier alpha value is -1.70. The quantitative estimate of drug-likeness (QED) is 0.344. The van der Waals surface area contributed by atoms with E-state index in [1.165, 1.54) is 39.3 Å². The maximum Gasteiger partial charge on any atom is 0.235 e. The first-order valence-corrected chi connectivity index (χ1v) is 12.7. The van der Waals surface area contributed by atoms with Gasteiger partial charge in [-0.1, -0.05) is 41.6 Å². The molecule has 10 heteroatoms. The summed E-state index contributed by atoms with van der Waals surface area (Å²) in [5, 5.41) is 18.3. The molecule has 30 heavy (non-hydrogen) atoms. The van der Waals surface area contributed by atoms with Gasteiger partial charge in [-0.25, -0.2) is 4.68 Å². The number of carbonyl (C=O) groups excluding carboxylic acids is 1. The topological polar surface area (TPSA) is 70.7 Å². The number of fused-ring (bicyclic) bond motifs is 1. The molecule has 0 unspecified atom stereocenters. The average Bonchev–Trinajstić information content (AvgIpc) is 3.26. The van der Waals surface area contributed by atoms with Crippen LogP contribution in [0, 0.1) is 21.2 Å². The molecule has 0 aliphatic heterocycles. The molecule has 0 bridgehead atoms. The lowest BCUT2D eigenvalue weighted by atomic mass is 9.89. The summed E-state index contributed by atoms with van der Waals surface area (Å²) < 4.78 is 2.98. The van der Waals surface area contributed by atoms with Gasteiger partial charge in [0.15, 0.2) is 8.29 Å². The number of benzene rings is 1. The predicted octanol–water partition coefficient (Wildman–Crippen LogP) is 6.11. The standard InChI is InChI=1S/C20H17ClN4OS4/c1-11-2-7-14-15(9-22)18(29-16(14)8-11)23-17(26)10-28-19-24-25(20(27)30-19)13-5-3-12(21)4-6-13/h3-6,11H,2,7-8,10H2,1H3,(H,23,26)/t11-/m1/s1. The zero-order valence-electron chi connectivity index (χ0n) is 16.0. The highest BCUT2D eigenvalue weighted by Crippen LogP contribution is 2.39. The molecule has 1 aliphatic carbocycles. The molecule has 1 aromatic carbocycles. The van der Waals surface area contributed by atoms with Crippen molar-refractivity contribution in [1.29, 1.82) is 5.26 Å². The van der Waals surface area contributed by atoms with Gasteiger partial charge in [0.25, 0.3) is 0 Å². The molecule has 4 rings (SSSR count). The second-order valence-electron chi connectivity index (χ2n) is 7.03. The maximum atomic E-state index is 12.5. The third-order valence-corrected chi connectivity index (χ3v) is 8.59. The Morgan fingerprint density at radius 2 is 2.20 bits per heavy atom. The van der Waals surface area contributed by atoms with Crippen molar-refractivity contribution in [1.82, 2.24) is 9.78 Å². The SMILES string of the molecule is C[C@@H]1CCc2c(sc(NC(=O)CSc3nn(-c4ccc(Cl)cc4)c(=S)s3)c2C#N)C1. The van der Waals surface area contributed by atoms with Crippen LogP contribution in [0.4, 0.5) is 5.00 Å². The summed E-state index contributed by atoms with van der Waals surface area (Å²) in [4.78, 5) is 13.8. The highest BCUT2D eigenvalue weighted by Gasteiger charge is 2.24. The number of anilines is 1. The van der Waals surface area contributed by atoms with E-state index >= 15 is 0 Å². The van der Waals surface area contributed by atoms with E-state index in [1.807, 2.05) is 12.1 Å². The third kappa shape index (κ3) is 4.63. The van der Waals surface area contributed by atoms with Crippen LogP contribution < -0.4 is 5.32 Å². The fourth-order valence-corrected chi connectivity index (χ4v) is 6.98. The van der Waals surface area contributed by atoms with Crippen LogP contribution in [0.5, 0.6) is 0 Å². The van der Waals surface area contributed by atoms with Gasteiger partial charge in [0, 0.05) is 9.90 Å². The lowest BCUT2D eigenvalue weighted by molar-refractivity contribution is -0.113. The molecular formula is C20H17ClN4OS4. The molecule has 1 atom stereocenters. The number of nitrogens with zero attached hydrogens (tertiary/aromatic N) is 3. The van der Waals surface area contributed by atoms with Crippen molar-refractivity contribution in [2.75, 3.05) is 11.1 Å². The number of nitriles is 1.